The highest BCUT2D eigenvalue weighted by Gasteiger charge is 2.20. The second kappa shape index (κ2) is 7.59. The molecule has 1 atom stereocenters. The highest BCUT2D eigenvalue weighted by molar-refractivity contribution is 7.22. The normalized spacial score (nSPS) is 12.6. The summed E-state index contributed by atoms with van der Waals surface area (Å²) in [6, 6.07) is 12.6. The van der Waals surface area contributed by atoms with Crippen LogP contribution in [0.3, 0.4) is 0 Å². The Morgan fingerprint density at radius 2 is 1.82 bits per heavy atom. The first-order valence-electron chi connectivity index (χ1n) is 8.92. The van der Waals surface area contributed by atoms with Gasteiger partial charge in [0, 0.05) is 5.69 Å². The van der Waals surface area contributed by atoms with Gasteiger partial charge in [-0.1, -0.05) is 44.2 Å². The van der Waals surface area contributed by atoms with Gasteiger partial charge in [-0.15, -0.1) is 0 Å². The summed E-state index contributed by atoms with van der Waals surface area (Å²) in [4.78, 5) is 28.9. The molecular weight excluding hydrogens is 374 g/mol. The molecule has 0 fully saturated rings. The minimum atomic E-state index is -0.933. The van der Waals surface area contributed by atoms with Gasteiger partial charge in [0.25, 0.3) is 5.91 Å². The number of nitrogens with zero attached hydrogens (tertiary/aromatic N) is 1. The lowest BCUT2D eigenvalue weighted by Crippen LogP contribution is -2.30. The fourth-order valence-corrected chi connectivity index (χ4v) is 3.42. The molecule has 0 radical (unpaired) electrons. The molecule has 0 spiro atoms. The summed E-state index contributed by atoms with van der Waals surface area (Å²) in [5.41, 5.74) is 8.62. The lowest BCUT2D eigenvalue weighted by atomic mass is 9.87. The number of nitrogen functional groups attached to an aromatic ring is 1. The van der Waals surface area contributed by atoms with Crippen LogP contribution in [0.4, 0.5) is 10.8 Å². The van der Waals surface area contributed by atoms with Crippen molar-refractivity contribution in [3.8, 4) is 0 Å². The maximum atomic E-state index is 12.4. The van der Waals surface area contributed by atoms with E-state index in [0.717, 1.165) is 10.2 Å². The summed E-state index contributed by atoms with van der Waals surface area (Å²) in [7, 11) is 0. The summed E-state index contributed by atoms with van der Waals surface area (Å²) in [6.07, 6.45) is -0.933. The first-order valence-corrected chi connectivity index (χ1v) is 9.73. The molecule has 1 aromatic heterocycles. The zero-order valence-corrected chi connectivity index (χ0v) is 17.1. The van der Waals surface area contributed by atoms with Gasteiger partial charge < -0.3 is 15.8 Å². The Hall–Kier alpha value is -2.93. The van der Waals surface area contributed by atoms with Crippen LogP contribution in [0.5, 0.6) is 0 Å². The number of nitrogens with two attached hydrogens (primary N) is 1. The predicted octanol–water partition coefficient (Wildman–Crippen LogP) is 4.36. The largest absolute Gasteiger partial charge is 0.449 e. The first kappa shape index (κ1) is 19.8. The molecule has 0 bridgehead atoms. The molecule has 0 aliphatic heterocycles. The maximum absolute atomic E-state index is 12.4. The summed E-state index contributed by atoms with van der Waals surface area (Å²) < 4.78 is 6.10. The summed E-state index contributed by atoms with van der Waals surface area (Å²) in [5.74, 6) is -0.959. The Kier molecular flexibility index (Phi) is 5.38. The van der Waals surface area contributed by atoms with E-state index in [-0.39, 0.29) is 11.3 Å². The molecule has 0 unspecified atom stereocenters. The Morgan fingerprint density at radius 1 is 1.14 bits per heavy atom. The molecule has 146 valence electrons. The van der Waals surface area contributed by atoms with Crippen LogP contribution in [0.1, 0.15) is 43.6 Å². The maximum Gasteiger partial charge on any atom is 0.338 e. The van der Waals surface area contributed by atoms with Crippen LogP contribution in [0.2, 0.25) is 0 Å². The van der Waals surface area contributed by atoms with Crippen LogP contribution in [0.25, 0.3) is 10.2 Å². The van der Waals surface area contributed by atoms with Crippen molar-refractivity contribution in [3.63, 3.8) is 0 Å². The molecule has 6 nitrogen and oxygen atoms in total. The van der Waals surface area contributed by atoms with Crippen LogP contribution in [-0.4, -0.2) is 23.0 Å². The molecular formula is C21H23N3O3S. The van der Waals surface area contributed by atoms with Crippen LogP contribution < -0.4 is 11.1 Å². The van der Waals surface area contributed by atoms with E-state index in [1.165, 1.54) is 16.9 Å². The minimum Gasteiger partial charge on any atom is -0.449 e. The van der Waals surface area contributed by atoms with E-state index in [1.807, 2.05) is 24.3 Å². The monoisotopic (exact) mass is 397 g/mol. The van der Waals surface area contributed by atoms with Crippen LogP contribution in [0.15, 0.2) is 42.5 Å². The van der Waals surface area contributed by atoms with Crippen LogP contribution >= 0.6 is 11.3 Å². The molecule has 0 aliphatic carbocycles. The number of esters is 1. The Morgan fingerprint density at radius 3 is 2.46 bits per heavy atom. The van der Waals surface area contributed by atoms with E-state index in [1.54, 1.807) is 25.1 Å². The third-order valence-electron chi connectivity index (χ3n) is 4.31. The van der Waals surface area contributed by atoms with Crippen molar-refractivity contribution in [2.24, 2.45) is 0 Å². The van der Waals surface area contributed by atoms with Gasteiger partial charge in [0.05, 0.1) is 15.8 Å². The quantitative estimate of drug-likeness (QED) is 0.638. The number of carbonyl (C=O) groups is 2. The standard InChI is InChI=1S/C21H23N3O3S/c1-12(18(25)23-15-8-6-14(7-9-15)21(2,3)4)27-19(26)13-5-10-16-17(11-13)28-20(22)24-16/h5-12H,1-4H3,(H2,22,24)(H,23,25)/t12-/m0/s1. The molecule has 3 rings (SSSR count). The number of rotatable bonds is 4. The second-order valence-corrected chi connectivity index (χ2v) is 8.66. The average Bonchev–Trinajstić information content (AvgIpc) is 3.00. The number of benzene rings is 2. The number of aromatic nitrogens is 1. The van der Waals surface area contributed by atoms with E-state index >= 15 is 0 Å². The number of hydrogen-bond acceptors (Lipinski definition) is 6. The Bertz CT molecular complexity index is 1020. The van der Waals surface area contributed by atoms with Gasteiger partial charge in [0.1, 0.15) is 0 Å². The van der Waals surface area contributed by atoms with Crippen molar-refractivity contribution < 1.29 is 14.3 Å². The third-order valence-corrected chi connectivity index (χ3v) is 5.16. The topological polar surface area (TPSA) is 94.3 Å². The number of ether oxygens (including phenoxy) is 1. The molecule has 28 heavy (non-hydrogen) atoms. The fourth-order valence-electron chi connectivity index (χ4n) is 2.65. The van der Waals surface area contributed by atoms with Gasteiger partial charge in [-0.05, 0) is 48.2 Å². The highest BCUT2D eigenvalue weighted by atomic mass is 32.1. The Balaban J connectivity index is 1.63. The van der Waals surface area contributed by atoms with Crippen LogP contribution in [-0.2, 0) is 14.9 Å². The van der Waals surface area contributed by atoms with Gasteiger partial charge in [-0.3, -0.25) is 4.79 Å². The smallest absolute Gasteiger partial charge is 0.338 e. The van der Waals surface area contributed by atoms with Crippen LogP contribution in [0, 0.1) is 0 Å². The lowest BCUT2D eigenvalue weighted by molar-refractivity contribution is -0.123. The molecule has 3 aromatic rings. The van der Waals surface area contributed by atoms with Crippen molar-refractivity contribution in [2.75, 3.05) is 11.1 Å². The molecule has 0 saturated heterocycles. The number of carbonyl (C=O) groups excluding carboxylic acids is 2. The fraction of sp³-hybridized carbons (Fsp3) is 0.286. The van der Waals surface area contributed by atoms with Gasteiger partial charge in [-0.2, -0.15) is 0 Å². The SMILES string of the molecule is C[C@H](OC(=O)c1ccc2nc(N)sc2c1)C(=O)Nc1ccc(C(C)(C)C)cc1. The number of anilines is 2. The Labute approximate surface area is 167 Å². The molecule has 7 heteroatoms. The van der Waals surface area contributed by atoms with Gasteiger partial charge in [0.15, 0.2) is 11.2 Å². The van der Waals surface area contributed by atoms with Crippen molar-refractivity contribution >= 4 is 44.2 Å². The van der Waals surface area contributed by atoms with Gasteiger partial charge >= 0.3 is 5.97 Å². The summed E-state index contributed by atoms with van der Waals surface area (Å²) in [6.45, 7) is 7.92. The number of hydrogen-bond donors (Lipinski definition) is 2. The zero-order chi connectivity index (χ0) is 20.5. The van der Waals surface area contributed by atoms with Gasteiger partial charge in [-0.25, -0.2) is 9.78 Å². The lowest BCUT2D eigenvalue weighted by Gasteiger charge is -2.19. The zero-order valence-electron chi connectivity index (χ0n) is 16.3. The highest BCUT2D eigenvalue weighted by Crippen LogP contribution is 2.25. The van der Waals surface area contributed by atoms with E-state index in [4.69, 9.17) is 10.5 Å². The average molecular weight is 398 g/mol. The molecule has 3 N–H and O–H groups in total. The number of thiazole rings is 1. The van der Waals surface area contributed by atoms with Crippen molar-refractivity contribution in [1.29, 1.82) is 0 Å². The number of nitrogens with one attached hydrogen (secondary N) is 1. The molecule has 0 aliphatic rings. The van der Waals surface area contributed by atoms with Crippen molar-refractivity contribution in [3.05, 3.63) is 53.6 Å². The number of amides is 1. The molecule has 1 heterocycles. The van der Waals surface area contributed by atoms with E-state index in [0.29, 0.717) is 16.4 Å². The molecule has 1 amide bonds. The number of fused-ring (bicyclic) bond motifs is 1. The van der Waals surface area contributed by atoms with E-state index < -0.39 is 12.1 Å². The van der Waals surface area contributed by atoms with E-state index in [9.17, 15) is 9.59 Å². The van der Waals surface area contributed by atoms with Gasteiger partial charge in [0.2, 0.25) is 0 Å². The molecule has 0 saturated carbocycles. The second-order valence-electron chi connectivity index (χ2n) is 7.60. The molecule has 2 aromatic carbocycles. The summed E-state index contributed by atoms with van der Waals surface area (Å²) in [5, 5.41) is 3.21. The van der Waals surface area contributed by atoms with Crippen molar-refractivity contribution in [2.45, 2.75) is 39.2 Å². The third kappa shape index (κ3) is 4.48. The van der Waals surface area contributed by atoms with E-state index in [2.05, 4.69) is 31.1 Å². The predicted molar refractivity (Wildman–Crippen MR) is 113 cm³/mol. The minimum absolute atomic E-state index is 0.0369. The van der Waals surface area contributed by atoms with Crippen molar-refractivity contribution in [1.82, 2.24) is 4.98 Å². The summed E-state index contributed by atoms with van der Waals surface area (Å²) >= 11 is 1.29. The first-order chi connectivity index (χ1) is 13.1.